The lowest BCUT2D eigenvalue weighted by Crippen LogP contribution is -2.56. The third-order valence-electron chi connectivity index (χ3n) is 6.69. The van der Waals surface area contributed by atoms with E-state index in [-0.39, 0.29) is 0 Å². The first-order valence-corrected chi connectivity index (χ1v) is 7.51. The molecule has 16 heavy (non-hydrogen) atoms. The molecule has 0 radical (unpaired) electrons. The van der Waals surface area contributed by atoms with Crippen molar-refractivity contribution in [3.8, 4) is 0 Å². The molecular formula is C15H25N. The summed E-state index contributed by atoms with van der Waals surface area (Å²) in [4.78, 5) is 0. The molecule has 5 aliphatic carbocycles. The van der Waals surface area contributed by atoms with Gasteiger partial charge in [0.25, 0.3) is 0 Å². The van der Waals surface area contributed by atoms with Crippen LogP contribution >= 0.6 is 0 Å². The zero-order chi connectivity index (χ0) is 10.8. The summed E-state index contributed by atoms with van der Waals surface area (Å²) >= 11 is 0. The number of rotatable bonds is 2. The van der Waals surface area contributed by atoms with Crippen molar-refractivity contribution < 1.29 is 0 Å². The molecule has 0 aromatic carbocycles. The SMILES string of the molecule is NCC1(C2C3CC4CC(C3)CC2C4)CCC1. The zero-order valence-corrected chi connectivity index (χ0v) is 10.3. The minimum Gasteiger partial charge on any atom is -0.330 e. The third kappa shape index (κ3) is 1.16. The third-order valence-corrected chi connectivity index (χ3v) is 6.69. The van der Waals surface area contributed by atoms with Crippen molar-refractivity contribution in [2.45, 2.75) is 51.4 Å². The Hall–Kier alpha value is -0.0400. The van der Waals surface area contributed by atoms with E-state index in [9.17, 15) is 0 Å². The lowest BCUT2D eigenvalue weighted by atomic mass is 9.43. The van der Waals surface area contributed by atoms with Gasteiger partial charge in [-0.15, -0.1) is 0 Å². The van der Waals surface area contributed by atoms with Crippen LogP contribution in [0.3, 0.4) is 0 Å². The fourth-order valence-electron chi connectivity index (χ4n) is 6.23. The van der Waals surface area contributed by atoms with E-state index in [1.807, 2.05) is 0 Å². The largest absolute Gasteiger partial charge is 0.330 e. The van der Waals surface area contributed by atoms with Gasteiger partial charge in [-0.1, -0.05) is 6.42 Å². The van der Waals surface area contributed by atoms with E-state index in [0.29, 0.717) is 5.41 Å². The van der Waals surface area contributed by atoms with Crippen LogP contribution < -0.4 is 5.73 Å². The quantitative estimate of drug-likeness (QED) is 0.758. The average molecular weight is 219 g/mol. The maximum absolute atomic E-state index is 6.15. The Kier molecular flexibility index (Phi) is 2.02. The molecule has 1 nitrogen and oxygen atoms in total. The second-order valence-electron chi connectivity index (χ2n) is 7.38. The standard InChI is InChI=1S/C15H25N/c16-9-15(2-1-3-15)14-12-5-10-4-11(7-12)8-13(14)6-10/h10-14H,1-9,16H2. The van der Waals surface area contributed by atoms with E-state index in [2.05, 4.69) is 0 Å². The second kappa shape index (κ2) is 3.25. The predicted octanol–water partition coefficient (Wildman–Crippen LogP) is 3.19. The summed E-state index contributed by atoms with van der Waals surface area (Å²) in [6, 6.07) is 0. The molecule has 0 unspecified atom stereocenters. The van der Waals surface area contributed by atoms with Crippen molar-refractivity contribution in [1.29, 1.82) is 0 Å². The van der Waals surface area contributed by atoms with Gasteiger partial charge in [-0.3, -0.25) is 0 Å². The number of nitrogens with two attached hydrogens (primary N) is 1. The summed E-state index contributed by atoms with van der Waals surface area (Å²) < 4.78 is 0. The minimum atomic E-state index is 0.614. The van der Waals surface area contributed by atoms with E-state index in [1.54, 1.807) is 32.1 Å². The Morgan fingerprint density at radius 3 is 1.81 bits per heavy atom. The molecule has 0 amide bonds. The predicted molar refractivity (Wildman–Crippen MR) is 65.9 cm³/mol. The fraction of sp³-hybridized carbons (Fsp3) is 1.00. The van der Waals surface area contributed by atoms with Crippen LogP contribution in [0.25, 0.3) is 0 Å². The topological polar surface area (TPSA) is 26.0 Å². The molecule has 0 atom stereocenters. The molecule has 5 aliphatic rings. The van der Waals surface area contributed by atoms with Crippen molar-refractivity contribution in [2.75, 3.05) is 6.54 Å². The van der Waals surface area contributed by atoms with Gasteiger partial charge in [0.2, 0.25) is 0 Å². The zero-order valence-electron chi connectivity index (χ0n) is 10.3. The maximum Gasteiger partial charge on any atom is -0.00177 e. The lowest BCUT2D eigenvalue weighted by Gasteiger charge is -2.62. The molecule has 0 aromatic rings. The van der Waals surface area contributed by atoms with Gasteiger partial charge >= 0.3 is 0 Å². The van der Waals surface area contributed by atoms with Gasteiger partial charge in [0.05, 0.1) is 0 Å². The Labute approximate surface area is 99.2 Å². The van der Waals surface area contributed by atoms with Gasteiger partial charge in [-0.25, -0.2) is 0 Å². The molecule has 5 saturated carbocycles. The molecule has 0 spiro atoms. The first kappa shape index (κ1) is 9.94. The van der Waals surface area contributed by atoms with Gasteiger partial charge in [-0.2, -0.15) is 0 Å². The molecule has 0 aliphatic heterocycles. The molecule has 90 valence electrons. The highest BCUT2D eigenvalue weighted by Crippen LogP contribution is 2.64. The molecule has 1 heteroatoms. The first-order chi connectivity index (χ1) is 7.81. The van der Waals surface area contributed by atoms with E-state index >= 15 is 0 Å². The van der Waals surface area contributed by atoms with Gasteiger partial charge in [0.15, 0.2) is 0 Å². The van der Waals surface area contributed by atoms with E-state index in [0.717, 1.165) is 36.1 Å². The van der Waals surface area contributed by atoms with Gasteiger partial charge in [0.1, 0.15) is 0 Å². The summed E-state index contributed by atoms with van der Waals surface area (Å²) in [5.41, 5.74) is 6.76. The van der Waals surface area contributed by atoms with Crippen LogP contribution in [0.15, 0.2) is 0 Å². The van der Waals surface area contributed by atoms with E-state index < -0.39 is 0 Å². The van der Waals surface area contributed by atoms with Crippen LogP contribution in [0.2, 0.25) is 0 Å². The fourth-order valence-corrected chi connectivity index (χ4v) is 6.23. The Balaban J connectivity index is 1.64. The normalized spacial score (nSPS) is 52.7. The highest BCUT2D eigenvalue weighted by Gasteiger charge is 2.56. The van der Waals surface area contributed by atoms with E-state index in [4.69, 9.17) is 5.73 Å². The van der Waals surface area contributed by atoms with Crippen molar-refractivity contribution in [3.63, 3.8) is 0 Å². The molecular weight excluding hydrogens is 194 g/mol. The summed E-state index contributed by atoms with van der Waals surface area (Å²) in [7, 11) is 0. The Morgan fingerprint density at radius 2 is 1.44 bits per heavy atom. The first-order valence-electron chi connectivity index (χ1n) is 7.51. The van der Waals surface area contributed by atoms with E-state index in [1.165, 1.54) is 19.3 Å². The number of hydrogen-bond acceptors (Lipinski definition) is 1. The molecule has 5 rings (SSSR count). The van der Waals surface area contributed by atoms with Gasteiger partial charge in [-0.05, 0) is 86.5 Å². The molecule has 4 bridgehead atoms. The average Bonchev–Trinajstić information content (AvgIpc) is 2.19. The van der Waals surface area contributed by atoms with Crippen molar-refractivity contribution in [3.05, 3.63) is 0 Å². The lowest BCUT2D eigenvalue weighted by molar-refractivity contribution is -0.121. The summed E-state index contributed by atoms with van der Waals surface area (Å²) in [6.07, 6.45) is 12.2. The molecule has 2 N–H and O–H groups in total. The molecule has 5 fully saturated rings. The minimum absolute atomic E-state index is 0.614. The monoisotopic (exact) mass is 219 g/mol. The summed E-state index contributed by atoms with van der Waals surface area (Å²) in [6.45, 7) is 0.986. The van der Waals surface area contributed by atoms with Crippen LogP contribution in [0, 0.1) is 35.0 Å². The highest BCUT2D eigenvalue weighted by molar-refractivity contribution is 5.07. The summed E-state index contributed by atoms with van der Waals surface area (Å²) in [5, 5.41) is 0. The van der Waals surface area contributed by atoms with Crippen molar-refractivity contribution >= 4 is 0 Å². The Bertz CT molecular complexity index is 258. The second-order valence-corrected chi connectivity index (χ2v) is 7.38. The van der Waals surface area contributed by atoms with Crippen LogP contribution in [-0.4, -0.2) is 6.54 Å². The van der Waals surface area contributed by atoms with Crippen molar-refractivity contribution in [1.82, 2.24) is 0 Å². The smallest absolute Gasteiger partial charge is 0.00177 e. The van der Waals surface area contributed by atoms with Crippen molar-refractivity contribution in [2.24, 2.45) is 40.7 Å². The Morgan fingerprint density at radius 1 is 0.875 bits per heavy atom. The number of hydrogen-bond donors (Lipinski definition) is 1. The van der Waals surface area contributed by atoms with Crippen LogP contribution in [0.4, 0.5) is 0 Å². The van der Waals surface area contributed by atoms with Gasteiger partial charge < -0.3 is 5.73 Å². The molecule has 0 aromatic heterocycles. The highest BCUT2D eigenvalue weighted by atomic mass is 14.7. The maximum atomic E-state index is 6.15. The van der Waals surface area contributed by atoms with Crippen LogP contribution in [-0.2, 0) is 0 Å². The molecule has 0 saturated heterocycles. The molecule has 0 heterocycles. The van der Waals surface area contributed by atoms with Gasteiger partial charge in [0, 0.05) is 0 Å². The van der Waals surface area contributed by atoms with Crippen LogP contribution in [0.1, 0.15) is 51.4 Å². The van der Waals surface area contributed by atoms with Crippen LogP contribution in [0.5, 0.6) is 0 Å². The summed E-state index contributed by atoms with van der Waals surface area (Å²) in [5.74, 6) is 5.45.